The smallest absolute Gasteiger partial charge is 0.255 e. The highest BCUT2D eigenvalue weighted by Gasteiger charge is 2.15. The predicted octanol–water partition coefficient (Wildman–Crippen LogP) is 2.25. The Morgan fingerprint density at radius 2 is 1.87 bits per heavy atom. The monoisotopic (exact) mass is 334 g/mol. The van der Waals surface area contributed by atoms with Gasteiger partial charge in [0.25, 0.3) is 5.91 Å². The van der Waals surface area contributed by atoms with Gasteiger partial charge in [-0.15, -0.1) is 0 Å². The van der Waals surface area contributed by atoms with Crippen molar-refractivity contribution in [1.82, 2.24) is 4.72 Å². The number of nitrogens with one attached hydrogen (secondary N) is 2. The van der Waals surface area contributed by atoms with E-state index in [0.29, 0.717) is 18.0 Å². The third kappa shape index (κ3) is 4.08. The van der Waals surface area contributed by atoms with Crippen molar-refractivity contribution in [3.05, 3.63) is 54.1 Å². The summed E-state index contributed by atoms with van der Waals surface area (Å²) in [6, 6.07) is 12.9. The molecule has 0 fully saturated rings. The molecule has 2 aromatic rings. The molecule has 2 rings (SSSR count). The number of amides is 1. The molecule has 0 bridgehead atoms. The van der Waals surface area contributed by atoms with Gasteiger partial charge in [-0.05, 0) is 44.3 Å². The van der Waals surface area contributed by atoms with Crippen LogP contribution < -0.4 is 14.8 Å². The summed E-state index contributed by atoms with van der Waals surface area (Å²) in [5.41, 5.74) is 0.772. The first-order valence-corrected chi connectivity index (χ1v) is 8.53. The fraction of sp³-hybridized carbons (Fsp3) is 0.188. The van der Waals surface area contributed by atoms with Crippen molar-refractivity contribution in [2.45, 2.75) is 11.8 Å². The molecular weight excluding hydrogens is 316 g/mol. The van der Waals surface area contributed by atoms with Crippen molar-refractivity contribution >= 4 is 21.6 Å². The molecule has 0 saturated carbocycles. The summed E-state index contributed by atoms with van der Waals surface area (Å²) in [4.78, 5) is 12.4. The predicted molar refractivity (Wildman–Crippen MR) is 88.3 cm³/mol. The van der Waals surface area contributed by atoms with Crippen LogP contribution in [0.5, 0.6) is 5.75 Å². The van der Waals surface area contributed by atoms with E-state index >= 15 is 0 Å². The summed E-state index contributed by atoms with van der Waals surface area (Å²) in [6.45, 7) is 2.33. The molecule has 0 spiro atoms. The number of hydrogen-bond donors (Lipinski definition) is 2. The third-order valence-electron chi connectivity index (χ3n) is 3.11. The Balaban J connectivity index is 2.27. The molecule has 0 heterocycles. The molecule has 23 heavy (non-hydrogen) atoms. The van der Waals surface area contributed by atoms with Crippen LogP contribution in [0.3, 0.4) is 0 Å². The molecule has 0 radical (unpaired) electrons. The molecular formula is C16H18N2O4S. The van der Waals surface area contributed by atoms with E-state index in [4.69, 9.17) is 4.74 Å². The second-order valence-electron chi connectivity index (χ2n) is 4.62. The van der Waals surface area contributed by atoms with Gasteiger partial charge in [0.2, 0.25) is 10.0 Å². The maximum Gasteiger partial charge on any atom is 0.255 e. The second kappa shape index (κ2) is 7.26. The SMILES string of the molecule is CCOc1ccccc1NC(=O)c1cccc(S(=O)(=O)NC)c1. The van der Waals surface area contributed by atoms with Crippen LogP contribution in [0.2, 0.25) is 0 Å². The van der Waals surface area contributed by atoms with E-state index in [9.17, 15) is 13.2 Å². The highest BCUT2D eigenvalue weighted by molar-refractivity contribution is 7.89. The quantitative estimate of drug-likeness (QED) is 0.848. The van der Waals surface area contributed by atoms with Crippen molar-refractivity contribution in [2.75, 3.05) is 19.0 Å². The molecule has 0 aliphatic rings. The van der Waals surface area contributed by atoms with Crippen molar-refractivity contribution in [3.8, 4) is 5.75 Å². The average Bonchev–Trinajstić information content (AvgIpc) is 2.57. The Labute approximate surface area is 135 Å². The van der Waals surface area contributed by atoms with E-state index in [-0.39, 0.29) is 10.5 Å². The van der Waals surface area contributed by atoms with Gasteiger partial charge in [-0.1, -0.05) is 18.2 Å². The number of rotatable bonds is 6. The van der Waals surface area contributed by atoms with Crippen LogP contribution >= 0.6 is 0 Å². The van der Waals surface area contributed by atoms with Gasteiger partial charge in [0.05, 0.1) is 17.2 Å². The molecule has 2 N–H and O–H groups in total. The lowest BCUT2D eigenvalue weighted by molar-refractivity contribution is 0.102. The van der Waals surface area contributed by atoms with Crippen molar-refractivity contribution < 1.29 is 17.9 Å². The van der Waals surface area contributed by atoms with E-state index in [1.54, 1.807) is 30.3 Å². The average molecular weight is 334 g/mol. The van der Waals surface area contributed by atoms with E-state index < -0.39 is 15.9 Å². The van der Waals surface area contributed by atoms with Crippen LogP contribution in [-0.2, 0) is 10.0 Å². The van der Waals surface area contributed by atoms with E-state index in [1.165, 1.54) is 25.2 Å². The van der Waals surface area contributed by atoms with E-state index in [1.807, 2.05) is 6.92 Å². The normalized spacial score (nSPS) is 11.0. The summed E-state index contributed by atoms with van der Waals surface area (Å²) in [6.07, 6.45) is 0. The van der Waals surface area contributed by atoms with E-state index in [0.717, 1.165) is 0 Å². The zero-order chi connectivity index (χ0) is 16.9. The standard InChI is InChI=1S/C16H18N2O4S/c1-3-22-15-10-5-4-9-14(15)18-16(19)12-7-6-8-13(11-12)23(20,21)17-2/h4-11,17H,3H2,1-2H3,(H,18,19). The molecule has 2 aromatic carbocycles. The van der Waals surface area contributed by atoms with Crippen LogP contribution in [0.4, 0.5) is 5.69 Å². The molecule has 0 aliphatic heterocycles. The molecule has 0 atom stereocenters. The molecule has 0 aromatic heterocycles. The first-order chi connectivity index (χ1) is 11.0. The number of para-hydroxylation sites is 2. The van der Waals surface area contributed by atoms with Crippen molar-refractivity contribution in [2.24, 2.45) is 0 Å². The van der Waals surface area contributed by atoms with Crippen LogP contribution in [0.15, 0.2) is 53.4 Å². The number of ether oxygens (including phenoxy) is 1. The minimum Gasteiger partial charge on any atom is -0.492 e. The van der Waals surface area contributed by atoms with Gasteiger partial charge >= 0.3 is 0 Å². The number of sulfonamides is 1. The second-order valence-corrected chi connectivity index (χ2v) is 6.51. The lowest BCUT2D eigenvalue weighted by Crippen LogP contribution is -2.19. The zero-order valence-electron chi connectivity index (χ0n) is 12.9. The Kier molecular flexibility index (Phi) is 5.36. The van der Waals surface area contributed by atoms with Gasteiger partial charge in [-0.3, -0.25) is 4.79 Å². The minimum absolute atomic E-state index is 0.0331. The molecule has 0 unspecified atom stereocenters. The highest BCUT2D eigenvalue weighted by Crippen LogP contribution is 2.24. The largest absolute Gasteiger partial charge is 0.492 e. The van der Waals surface area contributed by atoms with Gasteiger partial charge in [0.1, 0.15) is 5.75 Å². The number of anilines is 1. The fourth-order valence-corrected chi connectivity index (χ4v) is 2.74. The van der Waals surface area contributed by atoms with E-state index in [2.05, 4.69) is 10.0 Å². The number of benzene rings is 2. The van der Waals surface area contributed by atoms with Gasteiger partial charge in [-0.2, -0.15) is 0 Å². The maximum atomic E-state index is 12.4. The lowest BCUT2D eigenvalue weighted by atomic mass is 10.2. The fourth-order valence-electron chi connectivity index (χ4n) is 1.97. The molecule has 1 amide bonds. The molecule has 0 saturated heterocycles. The lowest BCUT2D eigenvalue weighted by Gasteiger charge is -2.11. The molecule has 122 valence electrons. The summed E-state index contributed by atoms with van der Waals surface area (Å²) in [5.74, 6) is 0.146. The maximum absolute atomic E-state index is 12.4. The Hall–Kier alpha value is -2.38. The first-order valence-electron chi connectivity index (χ1n) is 7.04. The number of carbonyl (C=O) groups is 1. The molecule has 0 aliphatic carbocycles. The van der Waals surface area contributed by atoms with Crippen LogP contribution in [0, 0.1) is 0 Å². The summed E-state index contributed by atoms with van der Waals surface area (Å²) < 4.78 is 31.3. The minimum atomic E-state index is -3.60. The Morgan fingerprint density at radius 3 is 2.57 bits per heavy atom. The summed E-state index contributed by atoms with van der Waals surface area (Å²) in [7, 11) is -2.28. The van der Waals surface area contributed by atoms with Crippen LogP contribution in [0.1, 0.15) is 17.3 Å². The van der Waals surface area contributed by atoms with Gasteiger partial charge in [0, 0.05) is 5.56 Å². The van der Waals surface area contributed by atoms with Gasteiger partial charge in [0.15, 0.2) is 0 Å². The number of carbonyl (C=O) groups excluding carboxylic acids is 1. The highest BCUT2D eigenvalue weighted by atomic mass is 32.2. The van der Waals surface area contributed by atoms with Crippen molar-refractivity contribution in [1.29, 1.82) is 0 Å². The summed E-state index contributed by atoms with van der Waals surface area (Å²) >= 11 is 0. The van der Waals surface area contributed by atoms with Crippen LogP contribution in [0.25, 0.3) is 0 Å². The van der Waals surface area contributed by atoms with Gasteiger partial charge in [-0.25, -0.2) is 13.1 Å². The number of hydrogen-bond acceptors (Lipinski definition) is 4. The topological polar surface area (TPSA) is 84.5 Å². The Morgan fingerprint density at radius 1 is 1.13 bits per heavy atom. The third-order valence-corrected chi connectivity index (χ3v) is 4.52. The van der Waals surface area contributed by atoms with Gasteiger partial charge < -0.3 is 10.1 Å². The van der Waals surface area contributed by atoms with Crippen molar-refractivity contribution in [3.63, 3.8) is 0 Å². The molecule has 6 nitrogen and oxygen atoms in total. The summed E-state index contributed by atoms with van der Waals surface area (Å²) in [5, 5.41) is 2.73. The first kappa shape index (κ1) is 17.0. The zero-order valence-corrected chi connectivity index (χ0v) is 13.7. The Bertz CT molecular complexity index is 803. The van der Waals surface area contributed by atoms with Crippen LogP contribution in [-0.4, -0.2) is 28.0 Å². The molecule has 7 heteroatoms.